The predicted octanol–water partition coefficient (Wildman–Crippen LogP) is -0.170. The molecular formula is C14H20N3O2S+. The number of aromatic nitrogens is 1. The van der Waals surface area contributed by atoms with Crippen LogP contribution in [0.4, 0.5) is 5.69 Å². The number of piperidine rings is 1. The van der Waals surface area contributed by atoms with Gasteiger partial charge in [0.25, 0.3) is 5.56 Å². The Balaban J connectivity index is 1.91. The predicted molar refractivity (Wildman–Crippen MR) is 80.2 cm³/mol. The minimum atomic E-state index is -0.112. The van der Waals surface area contributed by atoms with Crippen LogP contribution in [0.2, 0.25) is 0 Å². The molecule has 3 N–H and O–H groups in total. The van der Waals surface area contributed by atoms with Gasteiger partial charge in [-0.05, 0) is 24.8 Å². The number of fused-ring (bicyclic) bond motifs is 4. The molecule has 0 radical (unpaired) electrons. The number of nitrogens with zero attached hydrogens (tertiary/aromatic N) is 1. The van der Waals surface area contributed by atoms with Crippen molar-refractivity contribution in [2.45, 2.75) is 18.9 Å². The molecule has 6 heteroatoms. The Morgan fingerprint density at radius 1 is 1.50 bits per heavy atom. The summed E-state index contributed by atoms with van der Waals surface area (Å²) in [7, 11) is 0. The van der Waals surface area contributed by atoms with E-state index in [0.29, 0.717) is 23.3 Å². The van der Waals surface area contributed by atoms with Gasteiger partial charge in [-0.3, -0.25) is 9.59 Å². The van der Waals surface area contributed by atoms with Gasteiger partial charge in [0.05, 0.1) is 18.8 Å². The van der Waals surface area contributed by atoms with Crippen molar-refractivity contribution in [2.24, 2.45) is 5.92 Å². The van der Waals surface area contributed by atoms with Crippen LogP contribution in [0.3, 0.4) is 0 Å². The van der Waals surface area contributed by atoms with Crippen molar-refractivity contribution in [3.8, 4) is 0 Å². The number of amides is 1. The molecule has 1 saturated heterocycles. The van der Waals surface area contributed by atoms with E-state index < -0.39 is 0 Å². The number of quaternary nitrogens is 1. The maximum Gasteiger partial charge on any atom is 0.274 e. The molecule has 2 aliphatic rings. The Labute approximate surface area is 122 Å². The van der Waals surface area contributed by atoms with Gasteiger partial charge in [-0.1, -0.05) is 0 Å². The summed E-state index contributed by atoms with van der Waals surface area (Å²) in [6.45, 7) is 2.95. The van der Waals surface area contributed by atoms with Crippen LogP contribution in [0, 0.1) is 5.92 Å². The molecule has 2 aliphatic heterocycles. The van der Waals surface area contributed by atoms with Gasteiger partial charge in [-0.15, -0.1) is 0 Å². The van der Waals surface area contributed by atoms with Crippen LogP contribution in [-0.2, 0) is 11.3 Å². The summed E-state index contributed by atoms with van der Waals surface area (Å²) in [5, 5.41) is 5.07. The molecule has 5 nitrogen and oxygen atoms in total. The number of nitrogens with two attached hydrogens (primary N) is 1. The molecule has 1 aromatic rings. The van der Waals surface area contributed by atoms with Crippen LogP contribution in [0.1, 0.15) is 18.0 Å². The second-order valence-corrected chi connectivity index (χ2v) is 6.49. The third kappa shape index (κ3) is 2.50. The van der Waals surface area contributed by atoms with E-state index >= 15 is 0 Å². The van der Waals surface area contributed by atoms with E-state index in [1.807, 2.05) is 16.9 Å². The monoisotopic (exact) mass is 294 g/mol. The molecule has 108 valence electrons. The topological polar surface area (TPSA) is 67.7 Å². The maximum atomic E-state index is 12.5. The first-order chi connectivity index (χ1) is 9.69. The van der Waals surface area contributed by atoms with Gasteiger partial charge in [0.1, 0.15) is 5.69 Å². The minimum absolute atomic E-state index is 0.0476. The standard InChI is InChI=1S/C14H19N3O2S/c1-20-8-13(18)16-11-2-3-12-10-4-9(5-15-6-10)7-17(12)14(11)19/h2-3,9-10,15H,4-8H2,1H3,(H,16,18)/p+1/t9-,10+/m0/s1. The number of anilines is 1. The molecule has 0 saturated carbocycles. The van der Waals surface area contributed by atoms with Crippen molar-refractivity contribution in [3.05, 3.63) is 28.2 Å². The van der Waals surface area contributed by atoms with Crippen molar-refractivity contribution in [1.82, 2.24) is 4.57 Å². The zero-order valence-corrected chi connectivity index (χ0v) is 12.4. The first-order valence-electron chi connectivity index (χ1n) is 7.03. The van der Waals surface area contributed by atoms with Gasteiger partial charge in [0.15, 0.2) is 0 Å². The molecule has 0 aliphatic carbocycles. The van der Waals surface area contributed by atoms with E-state index in [9.17, 15) is 9.59 Å². The largest absolute Gasteiger partial charge is 0.345 e. The highest BCUT2D eigenvalue weighted by molar-refractivity contribution is 7.99. The SMILES string of the molecule is CSCC(=O)Nc1ccc2n(c1=O)C[C@@H]1C[NH2+]C[C@H]2C1. The van der Waals surface area contributed by atoms with Gasteiger partial charge >= 0.3 is 0 Å². The molecule has 20 heavy (non-hydrogen) atoms. The summed E-state index contributed by atoms with van der Waals surface area (Å²) < 4.78 is 1.88. The lowest BCUT2D eigenvalue weighted by Gasteiger charge is -2.35. The minimum Gasteiger partial charge on any atom is -0.345 e. The zero-order chi connectivity index (χ0) is 14.1. The molecule has 2 bridgehead atoms. The molecule has 3 heterocycles. The lowest BCUT2D eigenvalue weighted by atomic mass is 9.84. The van der Waals surface area contributed by atoms with Crippen molar-refractivity contribution < 1.29 is 10.1 Å². The van der Waals surface area contributed by atoms with Crippen molar-refractivity contribution >= 4 is 23.4 Å². The maximum absolute atomic E-state index is 12.5. The van der Waals surface area contributed by atoms with Crippen molar-refractivity contribution in [3.63, 3.8) is 0 Å². The Bertz CT molecular complexity index is 584. The highest BCUT2D eigenvalue weighted by atomic mass is 32.2. The van der Waals surface area contributed by atoms with Gasteiger partial charge in [0, 0.05) is 24.1 Å². The molecule has 1 aromatic heterocycles. The molecule has 1 fully saturated rings. The van der Waals surface area contributed by atoms with Gasteiger partial charge in [0.2, 0.25) is 5.91 Å². The second-order valence-electron chi connectivity index (χ2n) is 5.63. The van der Waals surface area contributed by atoms with Crippen LogP contribution >= 0.6 is 11.8 Å². The number of carbonyl (C=O) groups excluding carboxylic acids is 1. The second kappa shape index (κ2) is 5.61. The number of nitrogens with one attached hydrogen (secondary N) is 1. The van der Waals surface area contributed by atoms with Crippen molar-refractivity contribution in [2.75, 3.05) is 30.4 Å². The van der Waals surface area contributed by atoms with Gasteiger partial charge in [-0.2, -0.15) is 11.8 Å². The van der Waals surface area contributed by atoms with Crippen LogP contribution in [-0.4, -0.2) is 35.6 Å². The summed E-state index contributed by atoms with van der Waals surface area (Å²) in [4.78, 5) is 24.2. The molecule has 1 amide bonds. The fraction of sp³-hybridized carbons (Fsp3) is 0.571. The van der Waals surface area contributed by atoms with E-state index in [4.69, 9.17) is 0 Å². The highest BCUT2D eigenvalue weighted by Crippen LogP contribution is 2.30. The smallest absolute Gasteiger partial charge is 0.274 e. The summed E-state index contributed by atoms with van der Waals surface area (Å²) in [5.41, 5.74) is 1.50. The van der Waals surface area contributed by atoms with E-state index in [2.05, 4.69) is 10.6 Å². The molecule has 0 aromatic carbocycles. The Hall–Kier alpha value is -1.27. The third-order valence-electron chi connectivity index (χ3n) is 4.19. The molecule has 2 atom stereocenters. The fourth-order valence-corrected chi connectivity index (χ4v) is 3.66. The molecule has 0 spiro atoms. The van der Waals surface area contributed by atoms with Gasteiger partial charge in [-0.25, -0.2) is 0 Å². The number of hydrogen-bond acceptors (Lipinski definition) is 3. The lowest BCUT2D eigenvalue weighted by Crippen LogP contribution is -2.89. The number of hydrogen-bond donors (Lipinski definition) is 2. The third-order valence-corrected chi connectivity index (χ3v) is 4.74. The van der Waals surface area contributed by atoms with E-state index in [1.54, 1.807) is 6.07 Å². The number of thioether (sulfide) groups is 1. The quantitative estimate of drug-likeness (QED) is 0.813. The number of rotatable bonds is 3. The molecule has 0 unspecified atom stereocenters. The summed E-state index contributed by atoms with van der Waals surface area (Å²) in [6, 6.07) is 3.78. The first kappa shape index (κ1) is 13.7. The summed E-state index contributed by atoms with van der Waals surface area (Å²) in [5.74, 6) is 1.32. The summed E-state index contributed by atoms with van der Waals surface area (Å²) in [6.07, 6.45) is 3.06. The Morgan fingerprint density at radius 3 is 3.15 bits per heavy atom. The average molecular weight is 294 g/mol. The Morgan fingerprint density at radius 2 is 2.35 bits per heavy atom. The summed E-state index contributed by atoms with van der Waals surface area (Å²) >= 11 is 1.45. The normalized spacial score (nSPS) is 24.1. The number of pyridine rings is 1. The zero-order valence-electron chi connectivity index (χ0n) is 11.6. The van der Waals surface area contributed by atoms with Crippen LogP contribution in [0.5, 0.6) is 0 Å². The fourth-order valence-electron chi connectivity index (χ4n) is 3.33. The van der Waals surface area contributed by atoms with Crippen LogP contribution in [0.25, 0.3) is 0 Å². The van der Waals surface area contributed by atoms with Crippen molar-refractivity contribution in [1.29, 1.82) is 0 Å². The van der Waals surface area contributed by atoms with Gasteiger partial charge < -0.3 is 15.2 Å². The highest BCUT2D eigenvalue weighted by Gasteiger charge is 2.33. The van der Waals surface area contributed by atoms with E-state index in [0.717, 1.165) is 25.3 Å². The number of carbonyl (C=O) groups is 1. The average Bonchev–Trinajstić information content (AvgIpc) is 2.43. The molecular weight excluding hydrogens is 274 g/mol. The van der Waals surface area contributed by atoms with E-state index in [-0.39, 0.29) is 11.5 Å². The first-order valence-corrected chi connectivity index (χ1v) is 8.42. The van der Waals surface area contributed by atoms with Crippen LogP contribution < -0.4 is 16.2 Å². The van der Waals surface area contributed by atoms with E-state index in [1.165, 1.54) is 18.2 Å². The lowest BCUT2D eigenvalue weighted by molar-refractivity contribution is -0.673. The molecule has 3 rings (SSSR count). The van der Waals surface area contributed by atoms with Crippen LogP contribution in [0.15, 0.2) is 16.9 Å². The Kier molecular flexibility index (Phi) is 3.85.